The number of hydrogen-bond donors (Lipinski definition) is 2. The Bertz CT molecular complexity index is 639. The van der Waals surface area contributed by atoms with Gasteiger partial charge in [-0.1, -0.05) is 0 Å². The molecule has 0 unspecified atom stereocenters. The number of H-pyrrole nitrogens is 1. The van der Waals surface area contributed by atoms with Crippen molar-refractivity contribution in [1.29, 1.82) is 0 Å². The number of anilines is 1. The quantitative estimate of drug-likeness (QED) is 0.756. The highest BCUT2D eigenvalue weighted by Crippen LogP contribution is 2.40. The molecule has 7 nitrogen and oxygen atoms in total. The van der Waals surface area contributed by atoms with E-state index < -0.39 is 5.54 Å². The number of amides is 2. The standard InChI is InChI=1S/C16H26N6O/c1-10-7-20-6-4-5-11(20)8-21(10)15(23)22-9-12-13(16(22,2)3)18-19-14(12)17/h10-11H,4-9H2,1-3H3,(H3,17,18,19)/t10-,11-/m0/s1. The molecule has 0 bridgehead atoms. The molecule has 4 rings (SSSR count). The molecule has 7 heteroatoms. The topological polar surface area (TPSA) is 81.5 Å². The van der Waals surface area contributed by atoms with Crippen LogP contribution < -0.4 is 5.73 Å². The van der Waals surface area contributed by atoms with Gasteiger partial charge in [-0.15, -0.1) is 0 Å². The van der Waals surface area contributed by atoms with Crippen LogP contribution in [0.15, 0.2) is 0 Å². The van der Waals surface area contributed by atoms with Crippen molar-refractivity contribution in [2.24, 2.45) is 0 Å². The van der Waals surface area contributed by atoms with Crippen molar-refractivity contribution in [2.75, 3.05) is 25.4 Å². The average molecular weight is 318 g/mol. The molecule has 2 atom stereocenters. The van der Waals surface area contributed by atoms with Gasteiger partial charge in [-0.2, -0.15) is 5.10 Å². The number of nitrogens with zero attached hydrogens (tertiary/aromatic N) is 4. The van der Waals surface area contributed by atoms with Crippen LogP contribution in [0.1, 0.15) is 44.9 Å². The number of carbonyl (C=O) groups is 1. The summed E-state index contributed by atoms with van der Waals surface area (Å²) in [4.78, 5) is 19.8. The van der Waals surface area contributed by atoms with Gasteiger partial charge in [0, 0.05) is 30.7 Å². The first-order valence-corrected chi connectivity index (χ1v) is 8.55. The van der Waals surface area contributed by atoms with E-state index in [1.807, 2.05) is 4.90 Å². The number of fused-ring (bicyclic) bond motifs is 2. The Kier molecular flexibility index (Phi) is 3.13. The van der Waals surface area contributed by atoms with Crippen LogP contribution in [0.5, 0.6) is 0 Å². The van der Waals surface area contributed by atoms with Crippen LogP contribution in [-0.2, 0) is 12.1 Å². The SMILES string of the molecule is C[C@H]1CN2CCC[C@H]2CN1C(=O)N1Cc2c(N)n[nH]c2C1(C)C. The molecule has 3 aliphatic heterocycles. The van der Waals surface area contributed by atoms with E-state index >= 15 is 0 Å². The molecule has 0 aliphatic carbocycles. The molecular formula is C16H26N6O. The van der Waals surface area contributed by atoms with Crippen LogP contribution in [0.3, 0.4) is 0 Å². The van der Waals surface area contributed by atoms with Gasteiger partial charge < -0.3 is 15.5 Å². The van der Waals surface area contributed by atoms with Crippen molar-refractivity contribution in [3.8, 4) is 0 Å². The number of aromatic amines is 1. The molecule has 1 aromatic heterocycles. The van der Waals surface area contributed by atoms with Crippen molar-refractivity contribution in [3.05, 3.63) is 11.3 Å². The van der Waals surface area contributed by atoms with E-state index in [1.165, 1.54) is 19.4 Å². The monoisotopic (exact) mass is 318 g/mol. The summed E-state index contributed by atoms with van der Waals surface area (Å²) in [5, 5.41) is 7.11. The number of urea groups is 1. The van der Waals surface area contributed by atoms with Crippen LogP contribution in [0, 0.1) is 0 Å². The Morgan fingerprint density at radius 1 is 1.39 bits per heavy atom. The lowest BCUT2D eigenvalue weighted by Crippen LogP contribution is -2.60. The van der Waals surface area contributed by atoms with Gasteiger partial charge in [0.05, 0.1) is 17.8 Å². The molecule has 0 radical (unpaired) electrons. The zero-order chi connectivity index (χ0) is 16.4. The minimum atomic E-state index is -0.399. The summed E-state index contributed by atoms with van der Waals surface area (Å²) in [5.41, 5.74) is 7.49. The molecule has 2 amide bonds. The minimum absolute atomic E-state index is 0.123. The first-order chi connectivity index (χ1) is 10.9. The summed E-state index contributed by atoms with van der Waals surface area (Å²) in [5.74, 6) is 0.511. The van der Waals surface area contributed by atoms with Crippen molar-refractivity contribution < 1.29 is 4.79 Å². The zero-order valence-corrected chi connectivity index (χ0v) is 14.2. The number of aromatic nitrogens is 2. The van der Waals surface area contributed by atoms with E-state index in [0.29, 0.717) is 18.4 Å². The Hall–Kier alpha value is -1.76. The zero-order valence-electron chi connectivity index (χ0n) is 14.2. The molecule has 23 heavy (non-hydrogen) atoms. The summed E-state index contributed by atoms with van der Waals surface area (Å²) >= 11 is 0. The molecule has 0 saturated carbocycles. The Morgan fingerprint density at radius 3 is 2.91 bits per heavy atom. The number of nitrogens with one attached hydrogen (secondary N) is 1. The Balaban J connectivity index is 1.58. The number of rotatable bonds is 0. The van der Waals surface area contributed by atoms with Gasteiger partial charge in [-0.05, 0) is 40.2 Å². The summed E-state index contributed by atoms with van der Waals surface area (Å²) in [6.07, 6.45) is 2.46. The van der Waals surface area contributed by atoms with Crippen molar-refractivity contribution in [3.63, 3.8) is 0 Å². The Morgan fingerprint density at radius 2 is 2.17 bits per heavy atom. The molecule has 126 valence electrons. The molecule has 2 fully saturated rings. The highest BCUT2D eigenvalue weighted by Gasteiger charge is 2.47. The van der Waals surface area contributed by atoms with E-state index in [4.69, 9.17) is 5.73 Å². The summed E-state index contributed by atoms with van der Waals surface area (Å²) in [6, 6.07) is 0.908. The normalized spacial score (nSPS) is 29.7. The van der Waals surface area contributed by atoms with E-state index in [-0.39, 0.29) is 12.1 Å². The van der Waals surface area contributed by atoms with Crippen LogP contribution in [-0.4, -0.2) is 62.6 Å². The molecule has 0 spiro atoms. The van der Waals surface area contributed by atoms with Gasteiger partial charge in [0.15, 0.2) is 5.82 Å². The third-order valence-electron chi connectivity index (χ3n) is 5.92. The lowest BCUT2D eigenvalue weighted by molar-refractivity contribution is 0.0454. The highest BCUT2D eigenvalue weighted by atomic mass is 16.2. The van der Waals surface area contributed by atoms with E-state index in [1.54, 1.807) is 0 Å². The smallest absolute Gasteiger partial charge is 0.321 e. The fourth-order valence-electron chi connectivity index (χ4n) is 4.45. The lowest BCUT2D eigenvalue weighted by Gasteiger charge is -2.45. The second-order valence-electron chi connectivity index (χ2n) is 7.68. The number of nitrogen functional groups attached to an aromatic ring is 1. The summed E-state index contributed by atoms with van der Waals surface area (Å²) < 4.78 is 0. The molecule has 2 saturated heterocycles. The van der Waals surface area contributed by atoms with Gasteiger partial charge >= 0.3 is 6.03 Å². The van der Waals surface area contributed by atoms with Crippen LogP contribution in [0.4, 0.5) is 10.6 Å². The predicted molar refractivity (Wildman–Crippen MR) is 87.7 cm³/mol. The van der Waals surface area contributed by atoms with Crippen LogP contribution in [0.2, 0.25) is 0 Å². The molecule has 1 aromatic rings. The van der Waals surface area contributed by atoms with Gasteiger partial charge in [0.1, 0.15) is 0 Å². The first-order valence-electron chi connectivity index (χ1n) is 8.55. The van der Waals surface area contributed by atoms with E-state index in [2.05, 4.69) is 40.8 Å². The highest BCUT2D eigenvalue weighted by molar-refractivity contribution is 5.77. The van der Waals surface area contributed by atoms with Crippen molar-refractivity contribution >= 4 is 11.8 Å². The number of carbonyl (C=O) groups excluding carboxylic acids is 1. The molecule has 3 aliphatic rings. The fraction of sp³-hybridized carbons (Fsp3) is 0.750. The molecule has 4 heterocycles. The second-order valence-corrected chi connectivity index (χ2v) is 7.68. The molecule has 0 aromatic carbocycles. The third kappa shape index (κ3) is 2.06. The first kappa shape index (κ1) is 14.8. The van der Waals surface area contributed by atoms with Gasteiger partial charge in [-0.25, -0.2) is 4.79 Å². The number of piperazine rings is 1. The average Bonchev–Trinajstić information content (AvgIpc) is 3.15. The minimum Gasteiger partial charge on any atom is -0.382 e. The van der Waals surface area contributed by atoms with Crippen molar-refractivity contribution in [2.45, 2.75) is 57.8 Å². The second kappa shape index (κ2) is 4.87. The molecule has 3 N–H and O–H groups in total. The largest absolute Gasteiger partial charge is 0.382 e. The van der Waals surface area contributed by atoms with E-state index in [9.17, 15) is 4.79 Å². The van der Waals surface area contributed by atoms with Crippen molar-refractivity contribution in [1.82, 2.24) is 24.9 Å². The Labute approximate surface area is 136 Å². The number of hydrogen-bond acceptors (Lipinski definition) is 4. The van der Waals surface area contributed by atoms with Gasteiger partial charge in [0.2, 0.25) is 0 Å². The van der Waals surface area contributed by atoms with Gasteiger partial charge in [-0.3, -0.25) is 10.00 Å². The maximum absolute atomic E-state index is 13.3. The van der Waals surface area contributed by atoms with Crippen LogP contribution in [0.25, 0.3) is 0 Å². The van der Waals surface area contributed by atoms with Gasteiger partial charge in [0.25, 0.3) is 0 Å². The molecular weight excluding hydrogens is 292 g/mol. The predicted octanol–water partition coefficient (Wildman–Crippen LogP) is 1.33. The van der Waals surface area contributed by atoms with E-state index in [0.717, 1.165) is 24.3 Å². The fourth-order valence-corrected chi connectivity index (χ4v) is 4.45. The summed E-state index contributed by atoms with van der Waals surface area (Å²) in [7, 11) is 0. The lowest BCUT2D eigenvalue weighted by atomic mass is 10.0. The maximum Gasteiger partial charge on any atom is 0.321 e. The van der Waals surface area contributed by atoms with Crippen LogP contribution >= 0.6 is 0 Å². The summed E-state index contributed by atoms with van der Waals surface area (Å²) in [6.45, 7) is 9.83. The third-order valence-corrected chi connectivity index (χ3v) is 5.92. The number of nitrogens with two attached hydrogens (primary N) is 1. The maximum atomic E-state index is 13.3.